The largest absolute Gasteiger partial charge is 0.344 e. The van der Waals surface area contributed by atoms with Gasteiger partial charge in [-0.1, -0.05) is 35.1 Å². The summed E-state index contributed by atoms with van der Waals surface area (Å²) in [6, 6.07) is 7.74. The molecule has 144 valence electrons. The van der Waals surface area contributed by atoms with Crippen molar-refractivity contribution in [2.45, 2.75) is 13.5 Å². The number of rotatable bonds is 4. The smallest absolute Gasteiger partial charge is 0.214 e. The number of benzene rings is 1. The van der Waals surface area contributed by atoms with Crippen LogP contribution in [0.15, 0.2) is 36.7 Å². The summed E-state index contributed by atoms with van der Waals surface area (Å²) in [7, 11) is 0. The normalized spacial score (nSPS) is 15.6. The summed E-state index contributed by atoms with van der Waals surface area (Å²) < 4.78 is 1.89. The van der Waals surface area contributed by atoms with Crippen LogP contribution < -0.4 is 4.90 Å². The molecule has 3 aromatic heterocycles. The molecular formula is C19H19ClN6S2. The maximum atomic E-state index is 5.97. The van der Waals surface area contributed by atoms with E-state index in [1.165, 1.54) is 4.88 Å². The predicted molar refractivity (Wildman–Crippen MR) is 116 cm³/mol. The zero-order valence-corrected chi connectivity index (χ0v) is 17.8. The molecule has 28 heavy (non-hydrogen) atoms. The molecule has 1 aromatic carbocycles. The van der Waals surface area contributed by atoms with E-state index in [1.54, 1.807) is 22.7 Å². The molecule has 0 saturated carbocycles. The van der Waals surface area contributed by atoms with Gasteiger partial charge in [0.05, 0.1) is 16.9 Å². The molecule has 6 nitrogen and oxygen atoms in total. The molecule has 0 amide bonds. The molecule has 0 aliphatic carbocycles. The van der Waals surface area contributed by atoms with Gasteiger partial charge in [-0.3, -0.25) is 4.90 Å². The molecule has 0 radical (unpaired) electrons. The van der Waals surface area contributed by atoms with Gasteiger partial charge < -0.3 is 4.90 Å². The van der Waals surface area contributed by atoms with Gasteiger partial charge in [0.1, 0.15) is 0 Å². The quantitative estimate of drug-likeness (QED) is 0.485. The molecule has 0 N–H and O–H groups in total. The zero-order chi connectivity index (χ0) is 19.1. The summed E-state index contributed by atoms with van der Waals surface area (Å²) >= 11 is 9.41. The van der Waals surface area contributed by atoms with Crippen LogP contribution in [0.1, 0.15) is 9.88 Å². The average Bonchev–Trinajstić information content (AvgIpc) is 3.38. The first kappa shape index (κ1) is 18.1. The Kier molecular flexibility index (Phi) is 4.80. The number of nitrogens with zero attached hydrogens (tertiary/aromatic N) is 6. The minimum Gasteiger partial charge on any atom is -0.344 e. The van der Waals surface area contributed by atoms with Crippen LogP contribution in [-0.4, -0.2) is 50.7 Å². The standard InChI is InChI=1S/C19H19ClN6S2/c1-13-21-10-16(27-13)11-24-6-8-25(9-7-24)19-23-26-12-17(22-18(26)28-19)14-2-4-15(20)5-3-14/h2-5,10,12H,6-9,11H2,1H3. The minimum absolute atomic E-state index is 0.731. The highest BCUT2D eigenvalue weighted by molar-refractivity contribution is 7.20. The molecule has 0 bridgehead atoms. The summed E-state index contributed by atoms with van der Waals surface area (Å²) in [4.78, 5) is 16.2. The second-order valence-corrected chi connectivity index (χ2v) is 9.54. The Morgan fingerprint density at radius 2 is 1.86 bits per heavy atom. The number of aromatic nitrogens is 4. The van der Waals surface area contributed by atoms with E-state index in [1.807, 2.05) is 41.2 Å². The van der Waals surface area contributed by atoms with E-state index < -0.39 is 0 Å². The monoisotopic (exact) mass is 430 g/mol. The van der Waals surface area contributed by atoms with Gasteiger partial charge in [0.15, 0.2) is 0 Å². The van der Waals surface area contributed by atoms with Gasteiger partial charge in [-0.25, -0.2) is 14.5 Å². The first-order valence-corrected chi connectivity index (χ1v) is 11.2. The zero-order valence-electron chi connectivity index (χ0n) is 15.4. The number of fused-ring (bicyclic) bond motifs is 1. The van der Waals surface area contributed by atoms with Crippen LogP contribution in [0.5, 0.6) is 0 Å². The maximum Gasteiger partial charge on any atom is 0.214 e. The van der Waals surface area contributed by atoms with E-state index in [2.05, 4.69) is 21.7 Å². The second kappa shape index (κ2) is 7.44. The van der Waals surface area contributed by atoms with Crippen LogP contribution in [0.4, 0.5) is 5.13 Å². The van der Waals surface area contributed by atoms with Gasteiger partial charge in [0.2, 0.25) is 10.1 Å². The van der Waals surface area contributed by atoms with Crippen LogP contribution in [0.3, 0.4) is 0 Å². The molecule has 5 rings (SSSR count). The molecule has 4 heterocycles. The molecule has 1 saturated heterocycles. The van der Waals surface area contributed by atoms with E-state index in [9.17, 15) is 0 Å². The van der Waals surface area contributed by atoms with Crippen LogP contribution in [-0.2, 0) is 6.54 Å². The number of piperazine rings is 1. The highest BCUT2D eigenvalue weighted by atomic mass is 35.5. The number of hydrogen-bond donors (Lipinski definition) is 0. The molecular weight excluding hydrogens is 412 g/mol. The van der Waals surface area contributed by atoms with Crippen molar-refractivity contribution < 1.29 is 0 Å². The van der Waals surface area contributed by atoms with Gasteiger partial charge in [-0.15, -0.1) is 16.4 Å². The number of thiazole rings is 1. The fourth-order valence-corrected chi connectivity index (χ4v) is 5.27. The topological polar surface area (TPSA) is 49.6 Å². The molecule has 1 aliphatic heterocycles. The fourth-order valence-electron chi connectivity index (χ4n) is 3.37. The minimum atomic E-state index is 0.731. The van der Waals surface area contributed by atoms with Gasteiger partial charge in [-0.05, 0) is 19.1 Å². The lowest BCUT2D eigenvalue weighted by Crippen LogP contribution is -2.45. The first-order chi connectivity index (χ1) is 13.6. The van der Waals surface area contributed by atoms with Gasteiger partial charge in [0.25, 0.3) is 0 Å². The van der Waals surface area contributed by atoms with Crippen molar-refractivity contribution in [1.29, 1.82) is 0 Å². The molecule has 0 spiro atoms. The van der Waals surface area contributed by atoms with Crippen LogP contribution in [0.25, 0.3) is 16.2 Å². The molecule has 4 aromatic rings. The Hall–Kier alpha value is -2.00. The Balaban J connectivity index is 1.25. The maximum absolute atomic E-state index is 5.97. The summed E-state index contributed by atoms with van der Waals surface area (Å²) in [5, 5.41) is 7.67. The van der Waals surface area contributed by atoms with Crippen molar-refractivity contribution in [1.82, 2.24) is 24.5 Å². The van der Waals surface area contributed by atoms with Gasteiger partial charge in [0, 0.05) is 54.4 Å². The van der Waals surface area contributed by atoms with Crippen LogP contribution >= 0.6 is 34.3 Å². The SMILES string of the molecule is Cc1ncc(CN2CCN(c3nn4cc(-c5ccc(Cl)cc5)nc4s3)CC2)s1. The van der Waals surface area contributed by atoms with Gasteiger partial charge in [-0.2, -0.15) is 0 Å². The summed E-state index contributed by atoms with van der Waals surface area (Å²) in [5.74, 6) is 0. The van der Waals surface area contributed by atoms with Crippen molar-refractivity contribution in [3.8, 4) is 11.3 Å². The van der Waals surface area contributed by atoms with E-state index in [0.717, 1.165) is 64.1 Å². The van der Waals surface area contributed by atoms with Crippen molar-refractivity contribution >= 4 is 44.4 Å². The Labute approximate surface area is 176 Å². The lowest BCUT2D eigenvalue weighted by atomic mass is 10.2. The van der Waals surface area contributed by atoms with E-state index in [4.69, 9.17) is 21.7 Å². The second-order valence-electron chi connectivity index (χ2n) is 6.85. The predicted octanol–water partition coefficient (Wildman–Crippen LogP) is 4.20. The Bertz CT molecular complexity index is 1060. The average molecular weight is 431 g/mol. The summed E-state index contributed by atoms with van der Waals surface area (Å²) in [5.41, 5.74) is 1.97. The molecule has 0 atom stereocenters. The summed E-state index contributed by atoms with van der Waals surface area (Å²) in [6.45, 7) is 7.09. The third kappa shape index (κ3) is 3.65. The highest BCUT2D eigenvalue weighted by Crippen LogP contribution is 2.28. The third-order valence-electron chi connectivity index (χ3n) is 4.86. The van der Waals surface area contributed by atoms with E-state index >= 15 is 0 Å². The van der Waals surface area contributed by atoms with E-state index in [0.29, 0.717) is 0 Å². The van der Waals surface area contributed by atoms with Crippen molar-refractivity contribution in [2.75, 3.05) is 31.1 Å². The van der Waals surface area contributed by atoms with Crippen molar-refractivity contribution in [3.05, 3.63) is 51.6 Å². The van der Waals surface area contributed by atoms with Crippen LogP contribution in [0.2, 0.25) is 5.02 Å². The highest BCUT2D eigenvalue weighted by Gasteiger charge is 2.21. The number of anilines is 1. The van der Waals surface area contributed by atoms with Gasteiger partial charge >= 0.3 is 0 Å². The van der Waals surface area contributed by atoms with Crippen LogP contribution in [0, 0.1) is 6.92 Å². The molecule has 9 heteroatoms. The van der Waals surface area contributed by atoms with Crippen molar-refractivity contribution in [2.24, 2.45) is 0 Å². The first-order valence-electron chi connectivity index (χ1n) is 9.15. The van der Waals surface area contributed by atoms with Crippen molar-refractivity contribution in [3.63, 3.8) is 0 Å². The third-order valence-corrected chi connectivity index (χ3v) is 7.00. The number of aryl methyl sites for hydroxylation is 1. The molecule has 0 unspecified atom stereocenters. The number of imidazole rings is 1. The fraction of sp³-hybridized carbons (Fsp3) is 0.316. The number of halogens is 1. The number of hydrogen-bond acceptors (Lipinski definition) is 7. The lowest BCUT2D eigenvalue weighted by Gasteiger charge is -2.33. The lowest BCUT2D eigenvalue weighted by molar-refractivity contribution is 0.251. The Morgan fingerprint density at radius 1 is 1.07 bits per heavy atom. The molecule has 1 aliphatic rings. The Morgan fingerprint density at radius 3 is 2.54 bits per heavy atom. The van der Waals surface area contributed by atoms with E-state index in [-0.39, 0.29) is 0 Å². The summed E-state index contributed by atoms with van der Waals surface area (Å²) in [6.07, 6.45) is 3.99. The molecule has 1 fully saturated rings.